The SMILES string of the molecule is CCCN1CC(CC)CC(NCC2CCCCC2)C1. The summed E-state index contributed by atoms with van der Waals surface area (Å²) in [5.41, 5.74) is 0. The summed E-state index contributed by atoms with van der Waals surface area (Å²) < 4.78 is 0. The Kier molecular flexibility index (Phi) is 6.66. The lowest BCUT2D eigenvalue weighted by molar-refractivity contribution is 0.134. The van der Waals surface area contributed by atoms with E-state index in [0.717, 1.165) is 17.9 Å². The van der Waals surface area contributed by atoms with Crippen LogP contribution in [-0.2, 0) is 0 Å². The molecule has 2 nitrogen and oxygen atoms in total. The molecule has 0 bridgehead atoms. The molecule has 112 valence electrons. The van der Waals surface area contributed by atoms with Gasteiger partial charge in [0.1, 0.15) is 0 Å². The Morgan fingerprint density at radius 3 is 2.47 bits per heavy atom. The van der Waals surface area contributed by atoms with Gasteiger partial charge in [-0.15, -0.1) is 0 Å². The van der Waals surface area contributed by atoms with Gasteiger partial charge in [0.15, 0.2) is 0 Å². The van der Waals surface area contributed by atoms with Crippen molar-refractivity contribution in [3.8, 4) is 0 Å². The molecule has 1 saturated heterocycles. The zero-order valence-electron chi connectivity index (χ0n) is 13.2. The molecule has 2 heteroatoms. The summed E-state index contributed by atoms with van der Waals surface area (Å²) in [5, 5.41) is 3.90. The van der Waals surface area contributed by atoms with Crippen LogP contribution in [0.2, 0.25) is 0 Å². The molecule has 1 saturated carbocycles. The van der Waals surface area contributed by atoms with Gasteiger partial charge in [0.2, 0.25) is 0 Å². The second kappa shape index (κ2) is 8.26. The Hall–Kier alpha value is -0.0800. The summed E-state index contributed by atoms with van der Waals surface area (Å²) in [6.45, 7) is 9.86. The van der Waals surface area contributed by atoms with Crippen LogP contribution in [0.4, 0.5) is 0 Å². The topological polar surface area (TPSA) is 15.3 Å². The van der Waals surface area contributed by atoms with Crippen molar-refractivity contribution in [2.45, 2.75) is 71.3 Å². The molecule has 2 rings (SSSR count). The first-order chi connectivity index (χ1) is 9.31. The summed E-state index contributed by atoms with van der Waals surface area (Å²) in [6.07, 6.45) is 11.4. The zero-order valence-corrected chi connectivity index (χ0v) is 13.2. The minimum Gasteiger partial charge on any atom is -0.312 e. The van der Waals surface area contributed by atoms with Crippen molar-refractivity contribution < 1.29 is 0 Å². The molecule has 1 N–H and O–H groups in total. The molecule has 1 aliphatic carbocycles. The number of nitrogens with one attached hydrogen (secondary N) is 1. The zero-order chi connectivity index (χ0) is 13.5. The average molecular weight is 266 g/mol. The highest BCUT2D eigenvalue weighted by Crippen LogP contribution is 2.24. The normalized spacial score (nSPS) is 30.6. The van der Waals surface area contributed by atoms with Gasteiger partial charge in [-0.05, 0) is 50.6 Å². The molecule has 2 aliphatic rings. The van der Waals surface area contributed by atoms with Crippen LogP contribution in [0.15, 0.2) is 0 Å². The Morgan fingerprint density at radius 2 is 1.79 bits per heavy atom. The van der Waals surface area contributed by atoms with E-state index in [1.165, 1.54) is 77.5 Å². The molecule has 0 amide bonds. The van der Waals surface area contributed by atoms with E-state index >= 15 is 0 Å². The Balaban J connectivity index is 1.74. The number of hydrogen-bond donors (Lipinski definition) is 1. The van der Waals surface area contributed by atoms with E-state index in [-0.39, 0.29) is 0 Å². The van der Waals surface area contributed by atoms with Gasteiger partial charge in [-0.25, -0.2) is 0 Å². The van der Waals surface area contributed by atoms with E-state index in [0.29, 0.717) is 0 Å². The minimum atomic E-state index is 0.757. The smallest absolute Gasteiger partial charge is 0.0198 e. The molecule has 2 atom stereocenters. The van der Waals surface area contributed by atoms with Crippen molar-refractivity contribution in [1.29, 1.82) is 0 Å². The highest BCUT2D eigenvalue weighted by atomic mass is 15.2. The summed E-state index contributed by atoms with van der Waals surface area (Å²) in [5.74, 6) is 1.89. The van der Waals surface area contributed by atoms with Crippen LogP contribution in [0, 0.1) is 11.8 Å². The fraction of sp³-hybridized carbons (Fsp3) is 1.00. The molecular weight excluding hydrogens is 232 g/mol. The van der Waals surface area contributed by atoms with E-state index in [1.54, 1.807) is 0 Å². The monoisotopic (exact) mass is 266 g/mol. The van der Waals surface area contributed by atoms with Gasteiger partial charge in [0, 0.05) is 19.1 Å². The summed E-state index contributed by atoms with van der Waals surface area (Å²) in [7, 11) is 0. The molecule has 1 aliphatic heterocycles. The molecular formula is C17H34N2. The van der Waals surface area contributed by atoms with Crippen LogP contribution in [-0.4, -0.2) is 37.1 Å². The highest BCUT2D eigenvalue weighted by molar-refractivity contribution is 4.84. The minimum absolute atomic E-state index is 0.757. The summed E-state index contributed by atoms with van der Waals surface area (Å²) in [4.78, 5) is 2.69. The largest absolute Gasteiger partial charge is 0.312 e. The second-order valence-corrected chi connectivity index (χ2v) is 6.88. The lowest BCUT2D eigenvalue weighted by atomic mass is 9.88. The molecule has 0 aromatic carbocycles. The van der Waals surface area contributed by atoms with Crippen molar-refractivity contribution >= 4 is 0 Å². The van der Waals surface area contributed by atoms with Gasteiger partial charge in [0.25, 0.3) is 0 Å². The number of rotatable bonds is 6. The van der Waals surface area contributed by atoms with Crippen molar-refractivity contribution in [3.05, 3.63) is 0 Å². The van der Waals surface area contributed by atoms with E-state index in [1.807, 2.05) is 0 Å². The number of hydrogen-bond acceptors (Lipinski definition) is 2. The maximum Gasteiger partial charge on any atom is 0.0198 e. The van der Waals surface area contributed by atoms with Crippen LogP contribution in [0.5, 0.6) is 0 Å². The predicted molar refractivity (Wildman–Crippen MR) is 83.5 cm³/mol. The first kappa shape index (κ1) is 15.3. The van der Waals surface area contributed by atoms with Gasteiger partial charge in [-0.2, -0.15) is 0 Å². The molecule has 0 aromatic rings. The Morgan fingerprint density at radius 1 is 1.00 bits per heavy atom. The van der Waals surface area contributed by atoms with E-state index in [2.05, 4.69) is 24.1 Å². The van der Waals surface area contributed by atoms with Crippen LogP contribution in [0.3, 0.4) is 0 Å². The Labute approximate surface area is 120 Å². The molecule has 0 radical (unpaired) electrons. The Bertz CT molecular complexity index is 235. The molecule has 0 aromatic heterocycles. The molecule has 2 fully saturated rings. The van der Waals surface area contributed by atoms with Gasteiger partial charge in [-0.1, -0.05) is 39.5 Å². The van der Waals surface area contributed by atoms with Crippen LogP contribution < -0.4 is 5.32 Å². The summed E-state index contributed by atoms with van der Waals surface area (Å²) in [6, 6.07) is 0.757. The van der Waals surface area contributed by atoms with E-state index in [4.69, 9.17) is 0 Å². The van der Waals surface area contributed by atoms with Crippen molar-refractivity contribution in [2.75, 3.05) is 26.2 Å². The highest BCUT2D eigenvalue weighted by Gasteiger charge is 2.26. The van der Waals surface area contributed by atoms with Gasteiger partial charge < -0.3 is 10.2 Å². The lowest BCUT2D eigenvalue weighted by Gasteiger charge is -2.38. The third-order valence-corrected chi connectivity index (χ3v) is 5.15. The maximum absolute atomic E-state index is 3.90. The third-order valence-electron chi connectivity index (χ3n) is 5.15. The third kappa shape index (κ3) is 5.07. The maximum atomic E-state index is 3.90. The number of nitrogens with zero attached hydrogens (tertiary/aromatic N) is 1. The van der Waals surface area contributed by atoms with E-state index < -0.39 is 0 Å². The van der Waals surface area contributed by atoms with Crippen molar-refractivity contribution in [3.63, 3.8) is 0 Å². The standard InChI is InChI=1S/C17H34N2/c1-3-10-19-13-15(4-2)11-17(14-19)18-12-16-8-6-5-7-9-16/h15-18H,3-14H2,1-2H3. The van der Waals surface area contributed by atoms with Gasteiger partial charge in [0.05, 0.1) is 0 Å². The van der Waals surface area contributed by atoms with Crippen molar-refractivity contribution in [2.24, 2.45) is 11.8 Å². The molecule has 19 heavy (non-hydrogen) atoms. The van der Waals surface area contributed by atoms with E-state index in [9.17, 15) is 0 Å². The fourth-order valence-corrected chi connectivity index (χ4v) is 3.97. The number of likely N-dealkylation sites (tertiary alicyclic amines) is 1. The van der Waals surface area contributed by atoms with Crippen LogP contribution >= 0.6 is 0 Å². The lowest BCUT2D eigenvalue weighted by Crippen LogP contribution is -2.50. The fourth-order valence-electron chi connectivity index (χ4n) is 3.97. The molecule has 0 spiro atoms. The first-order valence-corrected chi connectivity index (χ1v) is 8.77. The second-order valence-electron chi connectivity index (χ2n) is 6.88. The molecule has 2 unspecified atom stereocenters. The first-order valence-electron chi connectivity index (χ1n) is 8.77. The quantitative estimate of drug-likeness (QED) is 0.789. The average Bonchev–Trinajstić information content (AvgIpc) is 2.46. The predicted octanol–water partition coefficient (Wildman–Crippen LogP) is 3.67. The number of piperidine rings is 1. The van der Waals surface area contributed by atoms with Gasteiger partial charge >= 0.3 is 0 Å². The van der Waals surface area contributed by atoms with Crippen LogP contribution in [0.1, 0.15) is 65.2 Å². The molecule has 1 heterocycles. The van der Waals surface area contributed by atoms with Crippen LogP contribution in [0.25, 0.3) is 0 Å². The summed E-state index contributed by atoms with van der Waals surface area (Å²) >= 11 is 0. The van der Waals surface area contributed by atoms with Gasteiger partial charge in [-0.3, -0.25) is 0 Å². The van der Waals surface area contributed by atoms with Crippen molar-refractivity contribution in [1.82, 2.24) is 10.2 Å².